The third kappa shape index (κ3) is 8.35. The van der Waals surface area contributed by atoms with Gasteiger partial charge in [0.2, 0.25) is 0 Å². The second-order valence-corrected chi connectivity index (χ2v) is 6.20. The van der Waals surface area contributed by atoms with Gasteiger partial charge in [-0.3, -0.25) is 4.79 Å². The van der Waals surface area contributed by atoms with Crippen molar-refractivity contribution in [3.05, 3.63) is 40.9 Å². The van der Waals surface area contributed by atoms with Gasteiger partial charge in [-0.05, 0) is 36.1 Å². The summed E-state index contributed by atoms with van der Waals surface area (Å²) in [5, 5.41) is 3.10. The fourth-order valence-electron chi connectivity index (χ4n) is 1.99. The molecule has 1 amide bonds. The van der Waals surface area contributed by atoms with Gasteiger partial charge in [-0.25, -0.2) is 9.59 Å². The first-order valence-corrected chi connectivity index (χ1v) is 8.17. The van der Waals surface area contributed by atoms with Crippen LogP contribution in [0, 0.1) is 5.92 Å². The van der Waals surface area contributed by atoms with E-state index in [1.165, 1.54) is 13.2 Å². The van der Waals surface area contributed by atoms with Crippen LogP contribution in [-0.4, -0.2) is 37.6 Å². The van der Waals surface area contributed by atoms with E-state index in [9.17, 15) is 14.4 Å². The summed E-state index contributed by atoms with van der Waals surface area (Å²) < 4.78 is 9.51. The summed E-state index contributed by atoms with van der Waals surface area (Å²) in [6, 6.07) is 6.11. The molecule has 1 aromatic carbocycles. The van der Waals surface area contributed by atoms with E-state index < -0.39 is 30.5 Å². The maximum absolute atomic E-state index is 11.8. The molecule has 0 fully saturated rings. The van der Waals surface area contributed by atoms with Crippen molar-refractivity contribution in [3.63, 3.8) is 0 Å². The molecule has 7 heteroatoms. The van der Waals surface area contributed by atoms with Gasteiger partial charge in [0.15, 0.2) is 6.61 Å². The number of hydrogen-bond donors (Lipinski definition) is 1. The minimum Gasteiger partial charge on any atom is -0.467 e. The zero-order chi connectivity index (χ0) is 18.8. The van der Waals surface area contributed by atoms with Crippen molar-refractivity contribution in [1.82, 2.24) is 5.32 Å². The number of amides is 1. The molecule has 0 saturated heterocycles. The molecule has 0 bridgehead atoms. The molecule has 1 N–H and O–H groups in total. The summed E-state index contributed by atoms with van der Waals surface area (Å²) >= 11 is 5.77. The highest BCUT2D eigenvalue weighted by atomic mass is 35.5. The molecule has 6 nitrogen and oxygen atoms in total. The maximum Gasteiger partial charge on any atom is 0.331 e. The second kappa shape index (κ2) is 10.5. The fraction of sp³-hybridized carbons (Fsp3) is 0.389. The summed E-state index contributed by atoms with van der Waals surface area (Å²) in [6.45, 7) is 3.36. The van der Waals surface area contributed by atoms with E-state index in [1.54, 1.807) is 30.3 Å². The van der Waals surface area contributed by atoms with Crippen LogP contribution >= 0.6 is 11.6 Å². The van der Waals surface area contributed by atoms with Crippen LogP contribution in [0.25, 0.3) is 6.08 Å². The number of esters is 2. The molecule has 0 unspecified atom stereocenters. The standard InChI is InChI=1S/C18H22ClNO5/c1-12(2)10-15(18(23)24-3)20-16(21)11-25-17(22)9-6-13-4-7-14(19)8-5-13/h4-9,12,15H,10-11H2,1-3H3,(H,20,21)/b9-6+/t15-/m0/s1. The van der Waals surface area contributed by atoms with Gasteiger partial charge in [-0.1, -0.05) is 37.6 Å². The molecule has 136 valence electrons. The van der Waals surface area contributed by atoms with Gasteiger partial charge in [0.1, 0.15) is 6.04 Å². The van der Waals surface area contributed by atoms with Crippen LogP contribution < -0.4 is 5.32 Å². The summed E-state index contributed by atoms with van der Waals surface area (Å²) in [5.41, 5.74) is 0.772. The summed E-state index contributed by atoms with van der Waals surface area (Å²) in [6.07, 6.45) is 3.19. The largest absolute Gasteiger partial charge is 0.467 e. The maximum atomic E-state index is 11.8. The molecular formula is C18H22ClNO5. The summed E-state index contributed by atoms with van der Waals surface area (Å²) in [4.78, 5) is 35.1. The van der Waals surface area contributed by atoms with Gasteiger partial charge in [0.25, 0.3) is 5.91 Å². The number of nitrogens with one attached hydrogen (secondary N) is 1. The lowest BCUT2D eigenvalue weighted by molar-refractivity contribution is -0.148. The van der Waals surface area contributed by atoms with Gasteiger partial charge in [0, 0.05) is 11.1 Å². The van der Waals surface area contributed by atoms with Gasteiger partial charge in [-0.15, -0.1) is 0 Å². The van der Waals surface area contributed by atoms with E-state index in [0.29, 0.717) is 11.4 Å². The first-order chi connectivity index (χ1) is 11.8. The Morgan fingerprint density at radius 1 is 1.20 bits per heavy atom. The Kier molecular flexibility index (Phi) is 8.70. The number of carbonyl (C=O) groups excluding carboxylic acids is 3. The second-order valence-electron chi connectivity index (χ2n) is 5.77. The van der Waals surface area contributed by atoms with Gasteiger partial charge < -0.3 is 14.8 Å². The monoisotopic (exact) mass is 367 g/mol. The number of carbonyl (C=O) groups is 3. The van der Waals surface area contributed by atoms with Gasteiger partial charge in [-0.2, -0.15) is 0 Å². The van der Waals surface area contributed by atoms with Crippen molar-refractivity contribution < 1.29 is 23.9 Å². The molecule has 0 spiro atoms. The lowest BCUT2D eigenvalue weighted by Crippen LogP contribution is -2.44. The van der Waals surface area contributed by atoms with E-state index in [2.05, 4.69) is 10.1 Å². The Balaban J connectivity index is 2.47. The van der Waals surface area contributed by atoms with Gasteiger partial charge in [0.05, 0.1) is 7.11 Å². The number of methoxy groups -OCH3 is 1. The SMILES string of the molecule is COC(=O)[C@H](CC(C)C)NC(=O)COC(=O)/C=C/c1ccc(Cl)cc1. The van der Waals surface area contributed by atoms with E-state index in [1.807, 2.05) is 13.8 Å². The third-order valence-corrected chi connectivity index (χ3v) is 3.41. The van der Waals surface area contributed by atoms with Crippen molar-refractivity contribution in [3.8, 4) is 0 Å². The molecule has 0 aliphatic rings. The Labute approximate surface area is 152 Å². The van der Waals surface area contributed by atoms with Crippen molar-refractivity contribution >= 4 is 35.5 Å². The molecule has 0 aliphatic heterocycles. The number of rotatable bonds is 8. The molecule has 0 saturated carbocycles. The van der Waals surface area contributed by atoms with Crippen LogP contribution in [0.5, 0.6) is 0 Å². The van der Waals surface area contributed by atoms with Crippen LogP contribution in [0.2, 0.25) is 5.02 Å². The minimum atomic E-state index is -0.763. The Bertz CT molecular complexity index is 625. The highest BCUT2D eigenvalue weighted by Gasteiger charge is 2.22. The smallest absolute Gasteiger partial charge is 0.331 e. The lowest BCUT2D eigenvalue weighted by atomic mass is 10.0. The molecule has 0 radical (unpaired) electrons. The highest BCUT2D eigenvalue weighted by molar-refractivity contribution is 6.30. The predicted molar refractivity (Wildman–Crippen MR) is 94.8 cm³/mol. The van der Waals surface area contributed by atoms with E-state index in [4.69, 9.17) is 16.3 Å². The van der Waals surface area contributed by atoms with Crippen molar-refractivity contribution in [2.45, 2.75) is 26.3 Å². The van der Waals surface area contributed by atoms with Crippen LogP contribution in [0.15, 0.2) is 30.3 Å². The van der Waals surface area contributed by atoms with Crippen LogP contribution in [0.1, 0.15) is 25.8 Å². The number of benzene rings is 1. The van der Waals surface area contributed by atoms with Crippen molar-refractivity contribution in [1.29, 1.82) is 0 Å². The minimum absolute atomic E-state index is 0.189. The molecule has 0 aliphatic carbocycles. The molecule has 1 aromatic rings. The van der Waals surface area contributed by atoms with E-state index in [0.717, 1.165) is 5.56 Å². The quantitative estimate of drug-likeness (QED) is 0.564. The third-order valence-electron chi connectivity index (χ3n) is 3.16. The Morgan fingerprint density at radius 3 is 2.40 bits per heavy atom. The molecule has 0 heterocycles. The van der Waals surface area contributed by atoms with E-state index >= 15 is 0 Å². The molecule has 0 aromatic heterocycles. The average molecular weight is 368 g/mol. The number of halogens is 1. The van der Waals surface area contributed by atoms with E-state index in [-0.39, 0.29) is 5.92 Å². The summed E-state index contributed by atoms with van der Waals surface area (Å²) in [5.74, 6) is -1.57. The normalized spacial score (nSPS) is 12.0. The molecule has 25 heavy (non-hydrogen) atoms. The molecule has 1 atom stereocenters. The summed E-state index contributed by atoms with van der Waals surface area (Å²) in [7, 11) is 1.25. The Hall–Kier alpha value is -2.34. The zero-order valence-corrected chi connectivity index (χ0v) is 15.2. The van der Waals surface area contributed by atoms with Crippen LogP contribution in [0.3, 0.4) is 0 Å². The van der Waals surface area contributed by atoms with Crippen molar-refractivity contribution in [2.75, 3.05) is 13.7 Å². The molecular weight excluding hydrogens is 346 g/mol. The highest BCUT2D eigenvalue weighted by Crippen LogP contribution is 2.10. The lowest BCUT2D eigenvalue weighted by Gasteiger charge is -2.18. The molecule has 1 rings (SSSR count). The fourth-order valence-corrected chi connectivity index (χ4v) is 2.11. The van der Waals surface area contributed by atoms with Crippen LogP contribution in [0.4, 0.5) is 0 Å². The van der Waals surface area contributed by atoms with Crippen molar-refractivity contribution in [2.24, 2.45) is 5.92 Å². The number of ether oxygens (including phenoxy) is 2. The zero-order valence-electron chi connectivity index (χ0n) is 14.5. The predicted octanol–water partition coefficient (Wildman–Crippen LogP) is 2.60. The first-order valence-electron chi connectivity index (χ1n) is 7.79. The topological polar surface area (TPSA) is 81.7 Å². The Morgan fingerprint density at radius 2 is 1.84 bits per heavy atom. The van der Waals surface area contributed by atoms with Gasteiger partial charge >= 0.3 is 11.9 Å². The first kappa shape index (κ1) is 20.7. The average Bonchev–Trinajstić information content (AvgIpc) is 2.57. The van der Waals surface area contributed by atoms with Crippen LogP contribution in [-0.2, 0) is 23.9 Å². The number of hydrogen-bond acceptors (Lipinski definition) is 5.